The first-order chi connectivity index (χ1) is 9.95. The molecule has 0 radical (unpaired) electrons. The topological polar surface area (TPSA) is 42.4 Å². The summed E-state index contributed by atoms with van der Waals surface area (Å²) < 4.78 is 42.8. The normalized spacial score (nSPS) is 15.4. The molecular weight excluding hydrogens is 283 g/mol. The van der Waals surface area contributed by atoms with Crippen LogP contribution in [0.3, 0.4) is 0 Å². The Morgan fingerprint density at radius 3 is 2.67 bits per heavy atom. The number of rotatable bonds is 2. The van der Waals surface area contributed by atoms with Gasteiger partial charge in [0.25, 0.3) is 0 Å². The first-order valence-electron chi connectivity index (χ1n) is 6.42. The average molecular weight is 295 g/mol. The van der Waals surface area contributed by atoms with E-state index >= 15 is 0 Å². The maximum atomic E-state index is 12.5. The second kappa shape index (κ2) is 5.04. The van der Waals surface area contributed by atoms with Crippen molar-refractivity contribution in [1.29, 1.82) is 0 Å². The number of aromatic nitrogens is 1. The Kier molecular flexibility index (Phi) is 3.33. The van der Waals surface area contributed by atoms with E-state index in [4.69, 9.17) is 4.74 Å². The van der Waals surface area contributed by atoms with E-state index in [0.717, 1.165) is 30.0 Å². The van der Waals surface area contributed by atoms with Crippen molar-refractivity contribution in [1.82, 2.24) is 4.98 Å². The van der Waals surface area contributed by atoms with Crippen molar-refractivity contribution in [2.24, 2.45) is 0 Å². The van der Waals surface area contributed by atoms with Crippen LogP contribution in [0.4, 0.5) is 13.2 Å². The van der Waals surface area contributed by atoms with E-state index < -0.39 is 17.8 Å². The first-order valence-corrected chi connectivity index (χ1v) is 6.42. The lowest BCUT2D eigenvalue weighted by Gasteiger charge is -2.13. The molecule has 0 spiro atoms. The molecule has 3 nitrogen and oxygen atoms in total. The van der Waals surface area contributed by atoms with Crippen molar-refractivity contribution in [2.75, 3.05) is 6.61 Å². The van der Waals surface area contributed by atoms with E-state index in [-0.39, 0.29) is 5.69 Å². The van der Waals surface area contributed by atoms with Crippen molar-refractivity contribution in [3.63, 3.8) is 0 Å². The minimum absolute atomic E-state index is 0.182. The highest BCUT2D eigenvalue weighted by molar-refractivity contribution is 5.42. The molecule has 0 aliphatic carbocycles. The second-order valence-corrected chi connectivity index (χ2v) is 4.84. The number of ether oxygens (including phenoxy) is 1. The first kappa shape index (κ1) is 13.9. The largest absolute Gasteiger partial charge is 0.493 e. The maximum Gasteiger partial charge on any atom is 0.417 e. The molecule has 0 bridgehead atoms. The molecule has 1 atom stereocenters. The summed E-state index contributed by atoms with van der Waals surface area (Å²) in [6, 6.07) is 7.35. The van der Waals surface area contributed by atoms with Crippen LogP contribution in [0.5, 0.6) is 5.75 Å². The van der Waals surface area contributed by atoms with Crippen LogP contribution in [0.15, 0.2) is 36.5 Å². The van der Waals surface area contributed by atoms with Crippen LogP contribution in [0.1, 0.15) is 28.5 Å². The molecule has 21 heavy (non-hydrogen) atoms. The molecule has 2 aromatic rings. The van der Waals surface area contributed by atoms with Gasteiger partial charge in [0.15, 0.2) is 0 Å². The number of alkyl halides is 3. The Balaban J connectivity index is 1.86. The summed E-state index contributed by atoms with van der Waals surface area (Å²) in [6.45, 7) is 0.605. The molecule has 1 aliphatic rings. The zero-order chi connectivity index (χ0) is 15.0. The summed E-state index contributed by atoms with van der Waals surface area (Å²) in [5.74, 6) is 0.784. The molecule has 1 aromatic carbocycles. The Labute approximate surface area is 119 Å². The minimum Gasteiger partial charge on any atom is -0.493 e. The van der Waals surface area contributed by atoms with Gasteiger partial charge in [-0.2, -0.15) is 13.2 Å². The summed E-state index contributed by atoms with van der Waals surface area (Å²) in [4.78, 5) is 3.71. The van der Waals surface area contributed by atoms with Crippen LogP contribution in [0.25, 0.3) is 0 Å². The number of nitrogens with zero attached hydrogens (tertiary/aromatic N) is 1. The zero-order valence-corrected chi connectivity index (χ0v) is 10.9. The number of aliphatic hydroxyl groups is 1. The SMILES string of the molecule is OC(c1ccc2c(c1)CCO2)c1ccc(C(F)(F)F)cn1. The van der Waals surface area contributed by atoms with E-state index in [1.165, 1.54) is 6.07 Å². The predicted molar refractivity (Wildman–Crippen MR) is 68.9 cm³/mol. The van der Waals surface area contributed by atoms with Gasteiger partial charge in [-0.3, -0.25) is 4.98 Å². The van der Waals surface area contributed by atoms with Crippen molar-refractivity contribution in [3.8, 4) is 5.75 Å². The van der Waals surface area contributed by atoms with Gasteiger partial charge in [0.05, 0.1) is 17.9 Å². The van der Waals surface area contributed by atoms with Crippen LogP contribution in [0.2, 0.25) is 0 Å². The number of halogens is 3. The lowest BCUT2D eigenvalue weighted by molar-refractivity contribution is -0.137. The van der Waals surface area contributed by atoms with Gasteiger partial charge in [0, 0.05) is 12.6 Å². The molecule has 1 aliphatic heterocycles. The molecule has 0 saturated carbocycles. The number of aliphatic hydroxyl groups excluding tert-OH is 1. The fraction of sp³-hybridized carbons (Fsp3) is 0.267. The van der Waals surface area contributed by atoms with E-state index in [0.29, 0.717) is 12.2 Å². The quantitative estimate of drug-likeness (QED) is 0.925. The molecule has 0 amide bonds. The Morgan fingerprint density at radius 1 is 1.19 bits per heavy atom. The van der Waals surface area contributed by atoms with Crippen LogP contribution in [-0.4, -0.2) is 16.7 Å². The third-order valence-electron chi connectivity index (χ3n) is 3.42. The van der Waals surface area contributed by atoms with Crippen molar-refractivity contribution >= 4 is 0 Å². The van der Waals surface area contributed by atoms with E-state index in [2.05, 4.69) is 4.98 Å². The van der Waals surface area contributed by atoms with Crippen LogP contribution >= 0.6 is 0 Å². The molecule has 1 unspecified atom stereocenters. The van der Waals surface area contributed by atoms with Gasteiger partial charge in [-0.15, -0.1) is 0 Å². The number of hydrogen-bond donors (Lipinski definition) is 1. The molecule has 0 saturated heterocycles. The Hall–Kier alpha value is -2.08. The van der Waals surface area contributed by atoms with Crippen LogP contribution in [0, 0.1) is 0 Å². The van der Waals surface area contributed by atoms with E-state index in [1.807, 2.05) is 0 Å². The molecule has 1 N–H and O–H groups in total. The Bertz CT molecular complexity index is 653. The van der Waals surface area contributed by atoms with Crippen molar-refractivity contribution < 1.29 is 23.0 Å². The van der Waals surface area contributed by atoms with Crippen molar-refractivity contribution in [2.45, 2.75) is 18.7 Å². The van der Waals surface area contributed by atoms with Gasteiger partial charge < -0.3 is 9.84 Å². The monoisotopic (exact) mass is 295 g/mol. The van der Waals surface area contributed by atoms with E-state index in [9.17, 15) is 18.3 Å². The second-order valence-electron chi connectivity index (χ2n) is 4.84. The number of benzene rings is 1. The fourth-order valence-electron chi connectivity index (χ4n) is 2.28. The smallest absolute Gasteiger partial charge is 0.417 e. The highest BCUT2D eigenvalue weighted by Gasteiger charge is 2.31. The average Bonchev–Trinajstić information content (AvgIpc) is 2.93. The lowest BCUT2D eigenvalue weighted by Crippen LogP contribution is -2.08. The molecule has 1 aromatic heterocycles. The van der Waals surface area contributed by atoms with Gasteiger partial charge in [0.2, 0.25) is 0 Å². The van der Waals surface area contributed by atoms with Gasteiger partial charge in [-0.05, 0) is 35.4 Å². The summed E-state index contributed by atoms with van der Waals surface area (Å²) in [7, 11) is 0. The predicted octanol–water partition coefficient (Wildman–Crippen LogP) is 3.12. The standard InChI is InChI=1S/C15H12F3NO2/c16-15(17,18)11-2-3-12(19-8-11)14(20)10-1-4-13-9(7-10)5-6-21-13/h1-4,7-8,14,20H,5-6H2. The molecule has 2 heterocycles. The third kappa shape index (κ3) is 2.71. The lowest BCUT2D eigenvalue weighted by atomic mass is 10.0. The number of fused-ring (bicyclic) bond motifs is 1. The fourth-order valence-corrected chi connectivity index (χ4v) is 2.28. The van der Waals surface area contributed by atoms with Gasteiger partial charge >= 0.3 is 6.18 Å². The summed E-state index contributed by atoms with van der Waals surface area (Å²) in [6.07, 6.45) is -3.99. The third-order valence-corrected chi connectivity index (χ3v) is 3.42. The Morgan fingerprint density at radius 2 is 2.00 bits per heavy atom. The minimum atomic E-state index is -4.43. The molecule has 110 valence electrons. The summed E-state index contributed by atoms with van der Waals surface area (Å²) in [5, 5.41) is 10.2. The number of hydrogen-bond acceptors (Lipinski definition) is 3. The molecule has 6 heteroatoms. The van der Waals surface area contributed by atoms with Gasteiger partial charge in [0.1, 0.15) is 11.9 Å². The molecular formula is C15H12F3NO2. The molecule has 3 rings (SSSR count). The zero-order valence-electron chi connectivity index (χ0n) is 10.9. The summed E-state index contributed by atoms with van der Waals surface area (Å²) >= 11 is 0. The summed E-state index contributed by atoms with van der Waals surface area (Å²) in [5.41, 5.74) is 0.924. The highest BCUT2D eigenvalue weighted by atomic mass is 19.4. The van der Waals surface area contributed by atoms with E-state index in [1.54, 1.807) is 18.2 Å². The van der Waals surface area contributed by atoms with Crippen molar-refractivity contribution in [3.05, 3.63) is 58.9 Å². The van der Waals surface area contributed by atoms with Crippen LogP contribution < -0.4 is 4.74 Å². The van der Waals surface area contributed by atoms with Crippen LogP contribution in [-0.2, 0) is 12.6 Å². The molecule has 0 fully saturated rings. The highest BCUT2D eigenvalue weighted by Crippen LogP contribution is 2.32. The number of pyridine rings is 1. The van der Waals surface area contributed by atoms with Gasteiger partial charge in [-0.1, -0.05) is 6.07 Å². The maximum absolute atomic E-state index is 12.5. The van der Waals surface area contributed by atoms with Gasteiger partial charge in [-0.25, -0.2) is 0 Å².